The molecule has 1 aromatic heterocycles. The van der Waals surface area contributed by atoms with Crippen molar-refractivity contribution in [3.63, 3.8) is 0 Å². The van der Waals surface area contributed by atoms with Gasteiger partial charge in [0.1, 0.15) is 16.6 Å². The normalized spacial score (nSPS) is 23.0. The van der Waals surface area contributed by atoms with Crippen LogP contribution in [0.4, 0.5) is 13.2 Å². The quantitative estimate of drug-likeness (QED) is 0.621. The number of aromatic nitrogens is 1. The number of carboxylic acid groups (broad SMARTS) is 1. The largest absolute Gasteiger partial charge is 0.483 e. The molecular weight excluding hydrogens is 445 g/mol. The molecule has 1 aromatic carbocycles. The zero-order valence-corrected chi connectivity index (χ0v) is 18.1. The summed E-state index contributed by atoms with van der Waals surface area (Å²) in [4.78, 5) is 14.0. The number of carbonyl (C=O) groups is 1. The molecule has 33 heavy (non-hydrogen) atoms. The highest BCUT2D eigenvalue weighted by Gasteiger charge is 2.42. The Morgan fingerprint density at radius 1 is 1.27 bits per heavy atom. The van der Waals surface area contributed by atoms with Crippen LogP contribution in [0.2, 0.25) is 0 Å². The summed E-state index contributed by atoms with van der Waals surface area (Å²) < 4.78 is 59.1. The lowest BCUT2D eigenvalue weighted by Crippen LogP contribution is -2.50. The predicted octanol–water partition coefficient (Wildman–Crippen LogP) is 3.74. The van der Waals surface area contributed by atoms with Crippen molar-refractivity contribution >= 4 is 16.9 Å². The van der Waals surface area contributed by atoms with E-state index in [9.17, 15) is 23.1 Å². The lowest BCUT2D eigenvalue weighted by atomic mass is 9.81. The van der Waals surface area contributed by atoms with E-state index in [2.05, 4.69) is 10.1 Å². The predicted molar refractivity (Wildman–Crippen MR) is 110 cm³/mol. The van der Waals surface area contributed by atoms with Crippen molar-refractivity contribution in [1.82, 2.24) is 10.1 Å². The molecule has 11 heteroatoms. The Balaban J connectivity index is 1.32. The molecule has 8 nitrogen and oxygen atoms in total. The van der Waals surface area contributed by atoms with Crippen LogP contribution in [0.25, 0.3) is 11.0 Å². The van der Waals surface area contributed by atoms with Crippen molar-refractivity contribution in [2.45, 2.75) is 31.9 Å². The molecule has 2 fully saturated rings. The summed E-state index contributed by atoms with van der Waals surface area (Å²) in [6, 6.07) is 4.53. The van der Waals surface area contributed by atoms with E-state index >= 15 is 0 Å². The maximum absolute atomic E-state index is 12.6. The highest BCUT2D eigenvalue weighted by Crippen LogP contribution is 2.36. The van der Waals surface area contributed by atoms with Gasteiger partial charge in [0.25, 0.3) is 5.88 Å². The van der Waals surface area contributed by atoms with Crippen LogP contribution in [0.3, 0.4) is 0 Å². The highest BCUT2D eigenvalue weighted by atomic mass is 19.4. The van der Waals surface area contributed by atoms with Gasteiger partial charge in [-0.15, -0.1) is 0 Å². The van der Waals surface area contributed by atoms with Crippen LogP contribution in [0.5, 0.6) is 11.6 Å². The van der Waals surface area contributed by atoms with Crippen LogP contribution < -0.4 is 9.47 Å². The number of ether oxygens (including phenoxy) is 3. The van der Waals surface area contributed by atoms with Gasteiger partial charge in [-0.1, -0.05) is 6.07 Å². The topological polar surface area (TPSA) is 94.3 Å². The number of carboxylic acids is 1. The molecule has 1 unspecified atom stereocenters. The van der Waals surface area contributed by atoms with Gasteiger partial charge in [-0.05, 0) is 62.0 Å². The lowest BCUT2D eigenvalue weighted by Gasteiger charge is -2.40. The number of nitrogens with zero attached hydrogens (tertiary/aromatic N) is 2. The smallest absolute Gasteiger partial charge is 0.422 e. The van der Waals surface area contributed by atoms with E-state index in [1.54, 1.807) is 6.07 Å². The molecule has 1 atom stereocenters. The van der Waals surface area contributed by atoms with E-state index in [-0.39, 0.29) is 35.1 Å². The molecule has 4 rings (SSSR count). The number of fused-ring (bicyclic) bond motifs is 1. The van der Waals surface area contributed by atoms with E-state index in [1.165, 1.54) is 12.1 Å². The number of hydrogen-bond acceptors (Lipinski definition) is 7. The van der Waals surface area contributed by atoms with Gasteiger partial charge in [0, 0.05) is 13.2 Å². The van der Waals surface area contributed by atoms with Gasteiger partial charge in [0.05, 0.1) is 13.2 Å². The zero-order chi connectivity index (χ0) is 23.5. The van der Waals surface area contributed by atoms with Crippen molar-refractivity contribution in [2.24, 2.45) is 11.3 Å². The fourth-order valence-corrected chi connectivity index (χ4v) is 4.46. The molecular formula is C22H27F3N2O6. The van der Waals surface area contributed by atoms with Crippen LogP contribution in [0, 0.1) is 11.3 Å². The maximum atomic E-state index is 12.6. The molecule has 0 saturated carbocycles. The molecule has 2 aromatic rings. The first-order valence-corrected chi connectivity index (χ1v) is 11.0. The third-order valence-corrected chi connectivity index (χ3v) is 6.29. The molecule has 182 valence electrons. The second-order valence-electron chi connectivity index (χ2n) is 8.79. The number of alkyl halides is 3. The Morgan fingerprint density at radius 2 is 2.06 bits per heavy atom. The summed E-state index contributed by atoms with van der Waals surface area (Å²) >= 11 is 0. The van der Waals surface area contributed by atoms with Crippen molar-refractivity contribution in [3.8, 4) is 11.6 Å². The average Bonchev–Trinajstić information content (AvgIpc) is 3.21. The van der Waals surface area contributed by atoms with Gasteiger partial charge in [-0.2, -0.15) is 13.2 Å². The standard InChI is InChI=1S/C22H27F3N2O6/c23-22(24,25)14-32-16-3-1-4-17-18(16)19(26-33-17)31-11-15-5-8-27(9-6-15)12-21(20(28)29)7-2-10-30-13-21/h1,3-4,15H,2,5-14H2,(H,28,29). The van der Waals surface area contributed by atoms with Crippen molar-refractivity contribution < 1.29 is 41.8 Å². The van der Waals surface area contributed by atoms with Crippen molar-refractivity contribution in [3.05, 3.63) is 18.2 Å². The third-order valence-electron chi connectivity index (χ3n) is 6.29. The first-order chi connectivity index (χ1) is 15.8. The van der Waals surface area contributed by atoms with Crippen LogP contribution in [0.1, 0.15) is 25.7 Å². The monoisotopic (exact) mass is 472 g/mol. The van der Waals surface area contributed by atoms with Crippen LogP contribution in [-0.2, 0) is 9.53 Å². The summed E-state index contributed by atoms with van der Waals surface area (Å²) in [6.45, 7) is 1.70. The van der Waals surface area contributed by atoms with E-state index in [1.807, 2.05) is 0 Å². The van der Waals surface area contributed by atoms with Gasteiger partial charge in [-0.3, -0.25) is 4.79 Å². The molecule has 0 radical (unpaired) electrons. The number of benzene rings is 1. The summed E-state index contributed by atoms with van der Waals surface area (Å²) in [7, 11) is 0. The summed E-state index contributed by atoms with van der Waals surface area (Å²) in [6.07, 6.45) is -1.48. The Hall–Kier alpha value is -2.53. The zero-order valence-electron chi connectivity index (χ0n) is 18.1. The van der Waals surface area contributed by atoms with Gasteiger partial charge >= 0.3 is 12.1 Å². The molecule has 2 aliphatic rings. The average molecular weight is 472 g/mol. The molecule has 0 spiro atoms. The number of rotatable bonds is 8. The van der Waals surface area contributed by atoms with E-state index in [0.29, 0.717) is 26.2 Å². The summed E-state index contributed by atoms with van der Waals surface area (Å²) in [5, 5.41) is 13.9. The number of piperidine rings is 1. The second kappa shape index (κ2) is 9.76. The van der Waals surface area contributed by atoms with Gasteiger partial charge in [-0.25, -0.2) is 0 Å². The Morgan fingerprint density at radius 3 is 2.73 bits per heavy atom. The number of likely N-dealkylation sites (tertiary alicyclic amines) is 1. The van der Waals surface area contributed by atoms with Crippen LogP contribution >= 0.6 is 0 Å². The summed E-state index contributed by atoms with van der Waals surface area (Å²) in [5.74, 6) is -0.493. The van der Waals surface area contributed by atoms with Gasteiger partial charge in [0.2, 0.25) is 0 Å². The van der Waals surface area contributed by atoms with Gasteiger partial charge in [0.15, 0.2) is 12.2 Å². The van der Waals surface area contributed by atoms with Gasteiger partial charge < -0.3 is 28.7 Å². The lowest BCUT2D eigenvalue weighted by molar-refractivity contribution is -0.159. The van der Waals surface area contributed by atoms with E-state index in [0.717, 1.165) is 32.4 Å². The summed E-state index contributed by atoms with van der Waals surface area (Å²) in [5.41, 5.74) is -0.568. The SMILES string of the molecule is O=C(O)C1(CN2CCC(COc3noc4cccc(OCC(F)(F)F)c34)CC2)CCCOC1. The second-order valence-corrected chi connectivity index (χ2v) is 8.79. The van der Waals surface area contributed by atoms with E-state index in [4.69, 9.17) is 18.7 Å². The van der Waals surface area contributed by atoms with E-state index < -0.39 is 24.2 Å². The molecule has 0 aliphatic carbocycles. The number of hydrogen-bond donors (Lipinski definition) is 1. The maximum Gasteiger partial charge on any atom is 0.422 e. The van der Waals surface area contributed by atoms with Crippen LogP contribution in [0.15, 0.2) is 22.7 Å². The molecule has 2 saturated heterocycles. The number of aliphatic carboxylic acids is 1. The first-order valence-electron chi connectivity index (χ1n) is 11.0. The fraction of sp³-hybridized carbons (Fsp3) is 0.636. The fourth-order valence-electron chi connectivity index (χ4n) is 4.46. The van der Waals surface area contributed by atoms with Crippen molar-refractivity contribution in [2.75, 3.05) is 46.1 Å². The minimum Gasteiger partial charge on any atom is -0.483 e. The molecule has 0 bridgehead atoms. The van der Waals surface area contributed by atoms with Crippen molar-refractivity contribution in [1.29, 1.82) is 0 Å². The third kappa shape index (κ3) is 5.70. The Labute approximate surface area is 188 Å². The van der Waals surface area contributed by atoms with Crippen LogP contribution in [-0.4, -0.2) is 73.4 Å². The molecule has 0 amide bonds. The first kappa shape index (κ1) is 23.6. The Kier molecular flexibility index (Phi) is 6.99. The minimum atomic E-state index is -4.46. The highest BCUT2D eigenvalue weighted by molar-refractivity contribution is 5.88. The molecule has 2 aliphatic heterocycles. The molecule has 1 N–H and O–H groups in total. The molecule has 3 heterocycles. The Bertz CT molecular complexity index is 949. The number of halogens is 3. The minimum absolute atomic E-state index is 0.00423.